The number of benzene rings is 1. The summed E-state index contributed by atoms with van der Waals surface area (Å²) in [5, 5.41) is 6.17. The Bertz CT molecular complexity index is 643. The fourth-order valence-electron chi connectivity index (χ4n) is 2.99. The normalized spacial score (nSPS) is 19.4. The number of aromatic nitrogens is 1. The van der Waals surface area contributed by atoms with Crippen LogP contribution in [0.1, 0.15) is 41.9 Å². The largest absolute Gasteiger partial charge is 0.353 e. The van der Waals surface area contributed by atoms with Crippen LogP contribution in [0.4, 0.5) is 0 Å². The number of carbonyl (C=O) groups is 1. The van der Waals surface area contributed by atoms with E-state index in [1.165, 1.54) is 5.56 Å². The Kier molecular flexibility index (Phi) is 9.43. The summed E-state index contributed by atoms with van der Waals surface area (Å²) >= 11 is 1.63. The molecule has 1 aromatic carbocycles. The van der Waals surface area contributed by atoms with Crippen molar-refractivity contribution in [1.29, 1.82) is 0 Å². The van der Waals surface area contributed by atoms with Gasteiger partial charge in [0.2, 0.25) is 5.91 Å². The molecule has 0 atom stereocenters. The molecule has 7 heteroatoms. The summed E-state index contributed by atoms with van der Waals surface area (Å²) in [4.78, 5) is 16.7. The van der Waals surface area contributed by atoms with Crippen LogP contribution in [0.25, 0.3) is 0 Å². The zero-order valence-corrected chi connectivity index (χ0v) is 16.5. The van der Waals surface area contributed by atoms with Gasteiger partial charge in [-0.25, -0.2) is 4.98 Å². The lowest BCUT2D eigenvalue weighted by Gasteiger charge is -2.26. The van der Waals surface area contributed by atoms with Gasteiger partial charge in [-0.05, 0) is 31.2 Å². The van der Waals surface area contributed by atoms with Crippen LogP contribution in [0, 0.1) is 0 Å². The first-order valence-corrected chi connectivity index (χ1v) is 9.09. The highest BCUT2D eigenvalue weighted by Crippen LogP contribution is 2.18. The molecule has 4 nitrogen and oxygen atoms in total. The van der Waals surface area contributed by atoms with Gasteiger partial charge in [-0.15, -0.1) is 36.2 Å². The maximum atomic E-state index is 12.2. The van der Waals surface area contributed by atoms with E-state index < -0.39 is 0 Å². The van der Waals surface area contributed by atoms with Gasteiger partial charge in [-0.2, -0.15) is 0 Å². The van der Waals surface area contributed by atoms with Crippen LogP contribution < -0.4 is 11.1 Å². The van der Waals surface area contributed by atoms with E-state index in [1.54, 1.807) is 11.3 Å². The summed E-state index contributed by atoms with van der Waals surface area (Å²) < 4.78 is 0. The first-order valence-electron chi connectivity index (χ1n) is 8.21. The van der Waals surface area contributed by atoms with Gasteiger partial charge in [0.05, 0.1) is 17.1 Å². The third-order valence-corrected chi connectivity index (χ3v) is 5.17. The smallest absolute Gasteiger partial charge is 0.226 e. The molecule has 1 fully saturated rings. The highest BCUT2D eigenvalue weighted by molar-refractivity contribution is 7.09. The number of rotatable bonds is 5. The molecule has 1 amide bonds. The highest BCUT2D eigenvalue weighted by Gasteiger charge is 2.20. The maximum absolute atomic E-state index is 12.2. The minimum atomic E-state index is 0. The van der Waals surface area contributed by atoms with Gasteiger partial charge >= 0.3 is 0 Å². The lowest BCUT2D eigenvalue weighted by molar-refractivity contribution is -0.121. The van der Waals surface area contributed by atoms with Gasteiger partial charge in [-0.3, -0.25) is 4.79 Å². The van der Waals surface area contributed by atoms with Crippen LogP contribution >= 0.6 is 36.2 Å². The fraction of sp³-hybridized carbons (Fsp3) is 0.444. The summed E-state index contributed by atoms with van der Waals surface area (Å²) in [6, 6.07) is 10.9. The summed E-state index contributed by atoms with van der Waals surface area (Å²) in [7, 11) is 0. The number of hydrogen-bond donors (Lipinski definition) is 2. The van der Waals surface area contributed by atoms with Crippen molar-refractivity contribution in [3.63, 3.8) is 0 Å². The lowest BCUT2D eigenvalue weighted by Crippen LogP contribution is -2.41. The second-order valence-corrected chi connectivity index (χ2v) is 7.19. The Morgan fingerprint density at radius 1 is 1.16 bits per heavy atom. The third kappa shape index (κ3) is 6.94. The molecule has 1 aliphatic rings. The molecular weight excluding hydrogens is 377 g/mol. The summed E-state index contributed by atoms with van der Waals surface area (Å²) in [6.45, 7) is 0. The Morgan fingerprint density at radius 2 is 1.84 bits per heavy atom. The van der Waals surface area contributed by atoms with Crippen LogP contribution in [0.2, 0.25) is 0 Å². The van der Waals surface area contributed by atoms with Gasteiger partial charge in [-0.1, -0.05) is 30.3 Å². The predicted octanol–water partition coefficient (Wildman–Crippen LogP) is 3.51. The van der Waals surface area contributed by atoms with Crippen LogP contribution in [0.15, 0.2) is 35.7 Å². The monoisotopic (exact) mass is 401 g/mol. The first kappa shape index (κ1) is 21.9. The number of thiazole rings is 1. The number of carbonyl (C=O) groups excluding carboxylic acids is 1. The molecule has 1 aliphatic carbocycles. The molecule has 1 aromatic heterocycles. The van der Waals surface area contributed by atoms with Crippen molar-refractivity contribution in [3.05, 3.63) is 52.0 Å². The van der Waals surface area contributed by atoms with Crippen LogP contribution in [-0.2, 0) is 17.6 Å². The molecule has 0 bridgehead atoms. The summed E-state index contributed by atoms with van der Waals surface area (Å²) in [6.07, 6.45) is 5.18. The number of halogens is 2. The zero-order valence-electron chi connectivity index (χ0n) is 14.0. The molecule has 0 spiro atoms. The molecule has 1 heterocycles. The van der Waals surface area contributed by atoms with Gasteiger partial charge in [0.25, 0.3) is 0 Å². The van der Waals surface area contributed by atoms with Crippen LogP contribution in [0.5, 0.6) is 0 Å². The van der Waals surface area contributed by atoms with Gasteiger partial charge in [0.1, 0.15) is 0 Å². The number of amides is 1. The molecule has 1 saturated carbocycles. The van der Waals surface area contributed by atoms with Crippen molar-refractivity contribution in [2.75, 3.05) is 0 Å². The number of nitrogens with one attached hydrogen (secondary N) is 1. The van der Waals surface area contributed by atoms with E-state index >= 15 is 0 Å². The third-order valence-electron chi connectivity index (χ3n) is 4.28. The minimum absolute atomic E-state index is 0. The van der Waals surface area contributed by atoms with Crippen molar-refractivity contribution in [1.82, 2.24) is 10.3 Å². The average Bonchev–Trinajstić information content (AvgIpc) is 2.97. The van der Waals surface area contributed by atoms with Crippen LogP contribution in [0.3, 0.4) is 0 Å². The quantitative estimate of drug-likeness (QED) is 0.804. The van der Waals surface area contributed by atoms with Gasteiger partial charge in [0.15, 0.2) is 0 Å². The Labute approximate surface area is 165 Å². The molecule has 138 valence electrons. The van der Waals surface area contributed by atoms with Crippen molar-refractivity contribution in [2.45, 2.75) is 50.6 Å². The molecule has 0 unspecified atom stereocenters. The Balaban J connectivity index is 0.00000156. The second-order valence-electron chi connectivity index (χ2n) is 6.25. The number of nitrogens with two attached hydrogens (primary N) is 1. The van der Waals surface area contributed by atoms with E-state index in [9.17, 15) is 4.79 Å². The van der Waals surface area contributed by atoms with Crippen molar-refractivity contribution < 1.29 is 4.79 Å². The SMILES string of the molecule is Cl.Cl.NC1CCC(NC(=O)Cc2csc(Cc3ccccc3)n2)CC1. The molecule has 0 aliphatic heterocycles. The standard InChI is InChI=1S/C18H23N3OS.2ClH/c19-14-6-8-15(9-7-14)20-17(22)11-16-12-23-18(21-16)10-13-4-2-1-3-5-13;;/h1-5,12,14-15H,6-11,19H2,(H,20,22);2*1H. The van der Waals surface area contributed by atoms with Crippen molar-refractivity contribution >= 4 is 42.1 Å². The van der Waals surface area contributed by atoms with E-state index in [-0.39, 0.29) is 36.8 Å². The van der Waals surface area contributed by atoms with E-state index in [2.05, 4.69) is 22.4 Å². The maximum Gasteiger partial charge on any atom is 0.226 e. The van der Waals surface area contributed by atoms with E-state index in [0.29, 0.717) is 12.5 Å². The second kappa shape index (κ2) is 10.8. The highest BCUT2D eigenvalue weighted by atomic mass is 35.5. The number of hydrogen-bond acceptors (Lipinski definition) is 4. The van der Waals surface area contributed by atoms with Gasteiger partial charge in [0, 0.05) is 23.9 Å². The lowest BCUT2D eigenvalue weighted by atomic mass is 9.92. The Hall–Kier alpha value is -1.14. The fourth-order valence-corrected chi connectivity index (χ4v) is 3.82. The summed E-state index contributed by atoms with van der Waals surface area (Å²) in [5.41, 5.74) is 8.01. The molecule has 2 aromatic rings. The van der Waals surface area contributed by atoms with E-state index in [0.717, 1.165) is 42.8 Å². The Morgan fingerprint density at radius 3 is 2.52 bits per heavy atom. The first-order chi connectivity index (χ1) is 11.2. The van der Waals surface area contributed by atoms with Crippen molar-refractivity contribution in [2.24, 2.45) is 5.73 Å². The average molecular weight is 402 g/mol. The predicted molar refractivity (Wildman–Crippen MR) is 108 cm³/mol. The molecule has 0 radical (unpaired) electrons. The van der Waals surface area contributed by atoms with Gasteiger partial charge < -0.3 is 11.1 Å². The van der Waals surface area contributed by atoms with E-state index in [1.807, 2.05) is 23.6 Å². The molecule has 0 saturated heterocycles. The topological polar surface area (TPSA) is 68.0 Å². The molecule has 25 heavy (non-hydrogen) atoms. The molecule has 3 N–H and O–H groups in total. The molecular formula is C18H25Cl2N3OS. The number of nitrogens with zero attached hydrogens (tertiary/aromatic N) is 1. The minimum Gasteiger partial charge on any atom is -0.353 e. The van der Waals surface area contributed by atoms with E-state index in [4.69, 9.17) is 5.73 Å². The zero-order chi connectivity index (χ0) is 16.1. The van der Waals surface area contributed by atoms with Crippen molar-refractivity contribution in [3.8, 4) is 0 Å². The summed E-state index contributed by atoms with van der Waals surface area (Å²) in [5.74, 6) is 0.0713. The van der Waals surface area contributed by atoms with Crippen LogP contribution in [-0.4, -0.2) is 23.0 Å². The molecule has 3 rings (SSSR count).